The quantitative estimate of drug-likeness (QED) is 0.390. The monoisotopic (exact) mass is 442 g/mol. The van der Waals surface area contributed by atoms with Gasteiger partial charge in [-0.3, -0.25) is 4.79 Å². The van der Waals surface area contributed by atoms with Crippen molar-refractivity contribution in [2.75, 3.05) is 26.4 Å². The van der Waals surface area contributed by atoms with Gasteiger partial charge in [-0.25, -0.2) is 0 Å². The summed E-state index contributed by atoms with van der Waals surface area (Å²) in [4.78, 5) is 18.0. The van der Waals surface area contributed by atoms with Crippen LogP contribution in [0.2, 0.25) is 0 Å². The molecule has 0 atom stereocenters. The van der Waals surface area contributed by atoms with Crippen molar-refractivity contribution in [3.05, 3.63) is 52.8 Å². The molecule has 0 bridgehead atoms. The number of carbonyl (C=O) groups is 1. The van der Waals surface area contributed by atoms with Crippen molar-refractivity contribution in [3.8, 4) is 11.5 Å². The number of ether oxygens (including phenoxy) is 3. The third-order valence-corrected chi connectivity index (χ3v) is 5.71. The van der Waals surface area contributed by atoms with Gasteiger partial charge in [-0.1, -0.05) is 30.7 Å². The number of benzene rings is 2. The Balaban J connectivity index is 1.94. The Hall–Kier alpha value is -2.64. The van der Waals surface area contributed by atoms with E-state index in [0.29, 0.717) is 49.1 Å². The fourth-order valence-electron chi connectivity index (χ4n) is 3.12. The van der Waals surface area contributed by atoms with Crippen LogP contribution in [0.4, 0.5) is 0 Å². The van der Waals surface area contributed by atoms with Gasteiger partial charge in [-0.2, -0.15) is 4.99 Å². The normalized spacial score (nSPS) is 11.8. The first-order chi connectivity index (χ1) is 15.2. The predicted molar refractivity (Wildman–Crippen MR) is 124 cm³/mol. The molecule has 0 spiro atoms. The summed E-state index contributed by atoms with van der Waals surface area (Å²) in [6.07, 6.45) is 2.04. The molecule has 0 radical (unpaired) electrons. The number of nitrogens with zero attached hydrogens (tertiary/aromatic N) is 2. The number of carbonyl (C=O) groups excluding carboxylic acids is 1. The molecule has 3 aromatic rings. The zero-order valence-electron chi connectivity index (χ0n) is 18.4. The van der Waals surface area contributed by atoms with E-state index in [9.17, 15) is 4.79 Å². The number of hydrogen-bond donors (Lipinski definition) is 0. The van der Waals surface area contributed by atoms with Crippen LogP contribution in [0.5, 0.6) is 11.5 Å². The Morgan fingerprint density at radius 2 is 1.84 bits per heavy atom. The first-order valence-corrected chi connectivity index (χ1v) is 11.6. The van der Waals surface area contributed by atoms with Crippen molar-refractivity contribution < 1.29 is 19.0 Å². The van der Waals surface area contributed by atoms with E-state index in [0.717, 1.165) is 28.8 Å². The lowest BCUT2D eigenvalue weighted by Gasteiger charge is -2.07. The fraction of sp³-hybridized carbons (Fsp3) is 0.417. The Morgan fingerprint density at radius 1 is 1.00 bits per heavy atom. The number of hydrogen-bond acceptors (Lipinski definition) is 5. The van der Waals surface area contributed by atoms with Crippen LogP contribution >= 0.6 is 11.3 Å². The highest BCUT2D eigenvalue weighted by molar-refractivity contribution is 7.16. The molecule has 0 fully saturated rings. The molecule has 0 saturated carbocycles. The fourth-order valence-corrected chi connectivity index (χ4v) is 4.20. The van der Waals surface area contributed by atoms with Gasteiger partial charge in [0.1, 0.15) is 11.5 Å². The Labute approximate surface area is 187 Å². The van der Waals surface area contributed by atoms with Crippen molar-refractivity contribution in [1.82, 2.24) is 4.57 Å². The van der Waals surface area contributed by atoms with Gasteiger partial charge >= 0.3 is 0 Å². The van der Waals surface area contributed by atoms with Crippen LogP contribution in [-0.2, 0) is 11.3 Å². The van der Waals surface area contributed by atoms with Crippen molar-refractivity contribution in [3.63, 3.8) is 0 Å². The average Bonchev–Trinajstić information content (AvgIpc) is 3.11. The summed E-state index contributed by atoms with van der Waals surface area (Å²) < 4.78 is 20.0. The van der Waals surface area contributed by atoms with Gasteiger partial charge in [0.15, 0.2) is 4.80 Å². The lowest BCUT2D eigenvalue weighted by molar-refractivity contribution is 0.0996. The van der Waals surface area contributed by atoms with E-state index in [1.54, 1.807) is 12.1 Å². The molecular weight excluding hydrogens is 412 g/mol. The lowest BCUT2D eigenvalue weighted by atomic mass is 10.2. The maximum Gasteiger partial charge on any atom is 0.279 e. The highest BCUT2D eigenvalue weighted by Gasteiger charge is 2.11. The van der Waals surface area contributed by atoms with Gasteiger partial charge in [-0.05, 0) is 56.7 Å². The molecule has 1 heterocycles. The van der Waals surface area contributed by atoms with Crippen molar-refractivity contribution in [2.24, 2.45) is 4.99 Å². The molecule has 7 heteroatoms. The molecule has 1 amide bonds. The van der Waals surface area contributed by atoms with Crippen molar-refractivity contribution >= 4 is 27.5 Å². The first-order valence-electron chi connectivity index (χ1n) is 10.8. The summed E-state index contributed by atoms with van der Waals surface area (Å²) in [5, 5.41) is 0. The second kappa shape index (κ2) is 11.7. The maximum absolute atomic E-state index is 12.9. The minimum atomic E-state index is -0.289. The van der Waals surface area contributed by atoms with E-state index in [1.807, 2.05) is 48.7 Å². The summed E-state index contributed by atoms with van der Waals surface area (Å²) in [5.41, 5.74) is 1.52. The van der Waals surface area contributed by atoms with Gasteiger partial charge in [0, 0.05) is 18.7 Å². The molecule has 0 aliphatic heterocycles. The predicted octanol–water partition coefficient (Wildman–Crippen LogP) is 5.06. The number of aromatic nitrogens is 1. The van der Waals surface area contributed by atoms with Crippen LogP contribution in [0.25, 0.3) is 10.2 Å². The van der Waals surface area contributed by atoms with Gasteiger partial charge in [0.05, 0.1) is 30.0 Å². The molecular formula is C24H30N2O4S. The molecule has 166 valence electrons. The molecule has 0 aliphatic carbocycles. The second-order valence-electron chi connectivity index (χ2n) is 6.94. The minimum Gasteiger partial charge on any atom is -0.494 e. The second-order valence-corrected chi connectivity index (χ2v) is 7.95. The van der Waals surface area contributed by atoms with E-state index >= 15 is 0 Å². The minimum absolute atomic E-state index is 0.289. The highest BCUT2D eigenvalue weighted by atomic mass is 32.1. The molecule has 3 rings (SSSR count). The Kier molecular flexibility index (Phi) is 8.67. The topological polar surface area (TPSA) is 62.0 Å². The maximum atomic E-state index is 12.9. The molecule has 0 N–H and O–H groups in total. The first kappa shape index (κ1) is 23.0. The summed E-state index contributed by atoms with van der Waals surface area (Å²) >= 11 is 1.47. The van der Waals surface area contributed by atoms with Gasteiger partial charge < -0.3 is 18.8 Å². The zero-order valence-corrected chi connectivity index (χ0v) is 19.2. The van der Waals surface area contributed by atoms with Crippen LogP contribution in [0.3, 0.4) is 0 Å². The van der Waals surface area contributed by atoms with Crippen LogP contribution < -0.4 is 14.3 Å². The third-order valence-electron chi connectivity index (χ3n) is 4.67. The van der Waals surface area contributed by atoms with Crippen molar-refractivity contribution in [2.45, 2.75) is 40.2 Å². The van der Waals surface area contributed by atoms with Crippen LogP contribution in [0.15, 0.2) is 47.5 Å². The van der Waals surface area contributed by atoms with Crippen molar-refractivity contribution in [1.29, 1.82) is 0 Å². The van der Waals surface area contributed by atoms with Crippen LogP contribution in [-0.4, -0.2) is 36.9 Å². The van der Waals surface area contributed by atoms with E-state index in [4.69, 9.17) is 14.2 Å². The molecule has 0 unspecified atom stereocenters. The molecule has 0 aliphatic rings. The van der Waals surface area contributed by atoms with Gasteiger partial charge in [-0.15, -0.1) is 0 Å². The molecule has 31 heavy (non-hydrogen) atoms. The average molecular weight is 443 g/mol. The largest absolute Gasteiger partial charge is 0.494 e. The SMILES string of the molecule is CCCCOc1cccc(C(=O)N=c2sc3cc(OCC)ccc3n2CCOCC)c1. The lowest BCUT2D eigenvalue weighted by Crippen LogP contribution is -2.19. The highest BCUT2D eigenvalue weighted by Crippen LogP contribution is 2.24. The zero-order chi connectivity index (χ0) is 22.1. The van der Waals surface area contributed by atoms with E-state index < -0.39 is 0 Å². The smallest absolute Gasteiger partial charge is 0.279 e. The summed E-state index contributed by atoms with van der Waals surface area (Å²) in [5.74, 6) is 1.21. The number of fused-ring (bicyclic) bond motifs is 1. The molecule has 2 aromatic carbocycles. The molecule has 1 aromatic heterocycles. The van der Waals surface area contributed by atoms with E-state index in [1.165, 1.54) is 11.3 Å². The number of amides is 1. The van der Waals surface area contributed by atoms with E-state index in [2.05, 4.69) is 11.9 Å². The van der Waals surface area contributed by atoms with Gasteiger partial charge in [0.25, 0.3) is 5.91 Å². The standard InChI is InChI=1S/C24H30N2O4S/c1-4-7-14-30-19-10-8-9-18(16-19)23(27)25-24-26(13-15-28-5-2)21-12-11-20(29-6-3)17-22(21)31-24/h8-12,16-17H,4-7,13-15H2,1-3H3. The summed E-state index contributed by atoms with van der Waals surface area (Å²) in [6.45, 7) is 9.11. The summed E-state index contributed by atoms with van der Waals surface area (Å²) in [7, 11) is 0. The third kappa shape index (κ3) is 6.18. The number of rotatable bonds is 11. The number of unbranched alkanes of at least 4 members (excludes halogenated alkanes) is 1. The number of thiazole rings is 1. The molecule has 0 saturated heterocycles. The molecule has 6 nitrogen and oxygen atoms in total. The van der Waals surface area contributed by atoms with Crippen LogP contribution in [0, 0.1) is 0 Å². The van der Waals surface area contributed by atoms with Crippen LogP contribution in [0.1, 0.15) is 44.0 Å². The van der Waals surface area contributed by atoms with E-state index in [-0.39, 0.29) is 5.91 Å². The van der Waals surface area contributed by atoms with Gasteiger partial charge in [0.2, 0.25) is 0 Å². The summed E-state index contributed by atoms with van der Waals surface area (Å²) in [6, 6.07) is 13.2. The Bertz CT molecular complexity index is 1070. The Morgan fingerprint density at radius 3 is 2.61 bits per heavy atom.